The minimum absolute atomic E-state index is 0.0955. The summed E-state index contributed by atoms with van der Waals surface area (Å²) in [6.07, 6.45) is 5.89. The molecule has 1 aromatic rings. The van der Waals surface area contributed by atoms with E-state index in [1.807, 2.05) is 18.2 Å². The van der Waals surface area contributed by atoms with E-state index in [9.17, 15) is 9.59 Å². The van der Waals surface area contributed by atoms with Gasteiger partial charge in [-0.2, -0.15) is 0 Å². The van der Waals surface area contributed by atoms with Gasteiger partial charge in [-0.15, -0.1) is 0 Å². The highest BCUT2D eigenvalue weighted by molar-refractivity contribution is 5.94. The molecule has 0 aromatic heterocycles. The van der Waals surface area contributed by atoms with Gasteiger partial charge >= 0.3 is 5.97 Å². The van der Waals surface area contributed by atoms with Crippen molar-refractivity contribution in [2.75, 3.05) is 0 Å². The first kappa shape index (κ1) is 15.5. The van der Waals surface area contributed by atoms with Gasteiger partial charge in [0.15, 0.2) is 0 Å². The van der Waals surface area contributed by atoms with Gasteiger partial charge in [-0.1, -0.05) is 37.5 Å². The van der Waals surface area contributed by atoms with Crippen molar-refractivity contribution in [1.82, 2.24) is 5.32 Å². The third kappa shape index (κ3) is 4.88. The summed E-state index contributed by atoms with van der Waals surface area (Å²) in [4.78, 5) is 23.6. The van der Waals surface area contributed by atoms with Crippen LogP contribution >= 0.6 is 0 Å². The molecule has 114 valence electrons. The number of nitrogens with one attached hydrogen (secondary N) is 1. The zero-order valence-corrected chi connectivity index (χ0v) is 12.5. The van der Waals surface area contributed by atoms with Crippen LogP contribution in [-0.4, -0.2) is 24.0 Å². The van der Waals surface area contributed by atoms with Gasteiger partial charge in [-0.05, 0) is 31.4 Å². The molecule has 1 saturated carbocycles. The third-order valence-electron chi connectivity index (χ3n) is 3.87. The van der Waals surface area contributed by atoms with Crippen molar-refractivity contribution in [3.63, 3.8) is 0 Å². The van der Waals surface area contributed by atoms with Crippen molar-refractivity contribution < 1.29 is 14.3 Å². The molecule has 1 aliphatic rings. The molecule has 0 spiro atoms. The normalized spacial score (nSPS) is 22.7. The van der Waals surface area contributed by atoms with Crippen LogP contribution in [0, 0.1) is 0 Å². The Bertz CT molecular complexity index is 472. The van der Waals surface area contributed by atoms with Gasteiger partial charge in [-0.3, -0.25) is 9.59 Å². The molecule has 2 atom stereocenters. The number of carbonyl (C=O) groups excluding carboxylic acids is 2. The minimum atomic E-state index is -0.278. The highest BCUT2D eigenvalue weighted by Crippen LogP contribution is 2.21. The molecule has 1 N–H and O–H groups in total. The van der Waals surface area contributed by atoms with Crippen LogP contribution < -0.4 is 5.32 Å². The smallest absolute Gasteiger partial charge is 0.302 e. The fourth-order valence-corrected chi connectivity index (χ4v) is 2.81. The number of ether oxygens (including phenoxy) is 1. The average molecular weight is 289 g/mol. The van der Waals surface area contributed by atoms with Crippen molar-refractivity contribution in [2.45, 2.75) is 57.6 Å². The Morgan fingerprint density at radius 3 is 2.38 bits per heavy atom. The van der Waals surface area contributed by atoms with Gasteiger partial charge in [-0.25, -0.2) is 0 Å². The summed E-state index contributed by atoms with van der Waals surface area (Å²) < 4.78 is 5.42. The minimum Gasteiger partial charge on any atom is -0.460 e. The summed E-state index contributed by atoms with van der Waals surface area (Å²) in [6.45, 7) is 1.43. The number of amides is 1. The number of carbonyl (C=O) groups is 2. The maximum absolute atomic E-state index is 12.3. The Balaban J connectivity index is 2.04. The first-order chi connectivity index (χ1) is 10.2. The fraction of sp³-hybridized carbons (Fsp3) is 0.529. The molecule has 4 heteroatoms. The van der Waals surface area contributed by atoms with Gasteiger partial charge in [0.2, 0.25) is 0 Å². The number of benzene rings is 1. The Hall–Kier alpha value is -1.84. The van der Waals surface area contributed by atoms with E-state index >= 15 is 0 Å². The van der Waals surface area contributed by atoms with Crippen molar-refractivity contribution in [2.24, 2.45) is 0 Å². The maximum Gasteiger partial charge on any atom is 0.302 e. The van der Waals surface area contributed by atoms with Crippen LogP contribution in [0.15, 0.2) is 30.3 Å². The van der Waals surface area contributed by atoms with E-state index in [0.717, 1.165) is 32.1 Å². The molecule has 0 aliphatic heterocycles. The first-order valence-corrected chi connectivity index (χ1v) is 7.70. The molecule has 2 rings (SSSR count). The molecule has 0 saturated heterocycles. The lowest BCUT2D eigenvalue weighted by Crippen LogP contribution is -2.45. The SMILES string of the molecule is CC(=O)O[C@H]1CCCCCC[C@@H]1NC(=O)c1ccccc1. The summed E-state index contributed by atoms with van der Waals surface area (Å²) in [5.41, 5.74) is 0.640. The Morgan fingerprint density at radius 1 is 1.05 bits per heavy atom. The molecule has 1 aromatic carbocycles. The van der Waals surface area contributed by atoms with Gasteiger partial charge in [0, 0.05) is 12.5 Å². The molecule has 21 heavy (non-hydrogen) atoms. The highest BCUT2D eigenvalue weighted by Gasteiger charge is 2.27. The van der Waals surface area contributed by atoms with Crippen molar-refractivity contribution >= 4 is 11.9 Å². The molecular formula is C17H23NO3. The van der Waals surface area contributed by atoms with E-state index in [-0.39, 0.29) is 24.0 Å². The summed E-state index contributed by atoms with van der Waals surface area (Å²) >= 11 is 0. The lowest BCUT2D eigenvalue weighted by molar-refractivity contribution is -0.148. The Morgan fingerprint density at radius 2 is 1.71 bits per heavy atom. The van der Waals surface area contributed by atoms with Crippen LogP contribution in [0.4, 0.5) is 0 Å². The molecular weight excluding hydrogens is 266 g/mol. The zero-order chi connectivity index (χ0) is 15.1. The highest BCUT2D eigenvalue weighted by atomic mass is 16.5. The van der Waals surface area contributed by atoms with Gasteiger partial charge in [0.1, 0.15) is 6.10 Å². The lowest BCUT2D eigenvalue weighted by atomic mass is 9.93. The molecule has 4 nitrogen and oxygen atoms in total. The van der Waals surface area contributed by atoms with Gasteiger partial charge < -0.3 is 10.1 Å². The second-order valence-corrected chi connectivity index (χ2v) is 5.59. The second-order valence-electron chi connectivity index (χ2n) is 5.59. The summed E-state index contributed by atoms with van der Waals surface area (Å²) in [5.74, 6) is -0.377. The van der Waals surface area contributed by atoms with Crippen molar-refractivity contribution in [3.8, 4) is 0 Å². The van der Waals surface area contributed by atoms with E-state index < -0.39 is 0 Å². The second kappa shape index (κ2) is 7.81. The molecule has 0 heterocycles. The summed E-state index contributed by atoms with van der Waals surface area (Å²) in [6, 6.07) is 9.06. The van der Waals surface area contributed by atoms with Crippen LogP contribution in [0.25, 0.3) is 0 Å². The molecule has 0 bridgehead atoms. The van der Waals surface area contributed by atoms with E-state index in [0.29, 0.717) is 5.56 Å². The number of rotatable bonds is 3. The number of hydrogen-bond donors (Lipinski definition) is 1. The predicted molar refractivity (Wildman–Crippen MR) is 81.0 cm³/mol. The van der Waals surface area contributed by atoms with Crippen LogP contribution in [0.2, 0.25) is 0 Å². The largest absolute Gasteiger partial charge is 0.460 e. The number of esters is 1. The van der Waals surface area contributed by atoms with E-state index in [1.54, 1.807) is 12.1 Å². The van der Waals surface area contributed by atoms with Crippen LogP contribution in [-0.2, 0) is 9.53 Å². The van der Waals surface area contributed by atoms with E-state index in [2.05, 4.69) is 5.32 Å². The van der Waals surface area contributed by atoms with Crippen molar-refractivity contribution in [3.05, 3.63) is 35.9 Å². The fourth-order valence-electron chi connectivity index (χ4n) is 2.81. The quantitative estimate of drug-likeness (QED) is 0.870. The Labute approximate surface area is 125 Å². The molecule has 1 fully saturated rings. The van der Waals surface area contributed by atoms with Gasteiger partial charge in [0.05, 0.1) is 6.04 Å². The lowest BCUT2D eigenvalue weighted by Gasteiger charge is -2.29. The standard InChI is InChI=1S/C17H23NO3/c1-13(19)21-16-12-8-3-2-7-11-15(16)18-17(20)14-9-5-4-6-10-14/h4-6,9-10,15-16H,2-3,7-8,11-12H2,1H3,(H,18,20)/t15-,16-/m0/s1. The Kier molecular flexibility index (Phi) is 5.78. The van der Waals surface area contributed by atoms with E-state index in [4.69, 9.17) is 4.74 Å². The average Bonchev–Trinajstić information content (AvgIpc) is 2.46. The topological polar surface area (TPSA) is 55.4 Å². The molecule has 0 unspecified atom stereocenters. The summed E-state index contributed by atoms with van der Waals surface area (Å²) in [5, 5.41) is 3.04. The van der Waals surface area contributed by atoms with Crippen LogP contribution in [0.3, 0.4) is 0 Å². The zero-order valence-electron chi connectivity index (χ0n) is 12.5. The predicted octanol–water partition coefficient (Wildman–Crippen LogP) is 3.07. The third-order valence-corrected chi connectivity index (χ3v) is 3.87. The summed E-state index contributed by atoms with van der Waals surface area (Å²) in [7, 11) is 0. The molecule has 1 aliphatic carbocycles. The first-order valence-electron chi connectivity index (χ1n) is 7.70. The molecule has 1 amide bonds. The monoisotopic (exact) mass is 289 g/mol. The van der Waals surface area contributed by atoms with Gasteiger partial charge in [0.25, 0.3) is 5.91 Å². The van der Waals surface area contributed by atoms with E-state index in [1.165, 1.54) is 13.3 Å². The molecule has 0 radical (unpaired) electrons. The van der Waals surface area contributed by atoms with Crippen LogP contribution in [0.1, 0.15) is 55.8 Å². The van der Waals surface area contributed by atoms with Crippen molar-refractivity contribution in [1.29, 1.82) is 0 Å². The van der Waals surface area contributed by atoms with Crippen LogP contribution in [0.5, 0.6) is 0 Å². The number of hydrogen-bond acceptors (Lipinski definition) is 3. The maximum atomic E-state index is 12.3.